The first-order valence-electron chi connectivity index (χ1n) is 7.46. The lowest BCUT2D eigenvalue weighted by atomic mass is 9.92. The first-order valence-corrected chi connectivity index (χ1v) is 8.54. The van der Waals surface area contributed by atoms with E-state index in [9.17, 15) is 0 Å². The minimum atomic E-state index is 0.344. The molecule has 0 N–H and O–H groups in total. The Morgan fingerprint density at radius 3 is 2.67 bits per heavy atom. The molecular formula is C20H25I. The van der Waals surface area contributed by atoms with Gasteiger partial charge in [-0.15, -0.1) is 0 Å². The van der Waals surface area contributed by atoms with Crippen LogP contribution in [0.15, 0.2) is 81.6 Å². The number of allylic oxidation sites excluding steroid dienone is 13. The molecule has 0 saturated carbocycles. The van der Waals surface area contributed by atoms with Crippen LogP contribution in [0.3, 0.4) is 0 Å². The van der Waals surface area contributed by atoms with E-state index in [-0.39, 0.29) is 0 Å². The van der Waals surface area contributed by atoms with Crippen LogP contribution in [-0.4, -0.2) is 0 Å². The summed E-state index contributed by atoms with van der Waals surface area (Å²) in [6.45, 7) is 10.3. The van der Waals surface area contributed by atoms with Gasteiger partial charge in [0.2, 0.25) is 0 Å². The van der Waals surface area contributed by atoms with Crippen molar-refractivity contribution in [2.75, 3.05) is 0 Å². The molecule has 21 heavy (non-hydrogen) atoms. The van der Waals surface area contributed by atoms with Crippen molar-refractivity contribution in [1.29, 1.82) is 0 Å². The zero-order chi connectivity index (χ0) is 15.7. The smallest absolute Gasteiger partial charge is 0.000145 e. The lowest BCUT2D eigenvalue weighted by Gasteiger charge is -2.13. The minimum absolute atomic E-state index is 0.344. The van der Waals surface area contributed by atoms with Gasteiger partial charge in [0, 0.05) is 0 Å². The van der Waals surface area contributed by atoms with Gasteiger partial charge in [-0.05, 0) is 81.6 Å². The molecule has 1 rings (SSSR count). The molecule has 0 aromatic rings. The molecule has 0 aliphatic heterocycles. The molecule has 0 aromatic heterocycles. The molecular weight excluding hydrogens is 367 g/mol. The zero-order valence-electron chi connectivity index (χ0n) is 13.3. The van der Waals surface area contributed by atoms with Crippen molar-refractivity contribution >= 4 is 22.6 Å². The first-order chi connectivity index (χ1) is 10.1. The van der Waals surface area contributed by atoms with Gasteiger partial charge in [-0.2, -0.15) is 0 Å². The molecule has 0 saturated heterocycles. The van der Waals surface area contributed by atoms with Gasteiger partial charge < -0.3 is 0 Å². The third kappa shape index (κ3) is 6.47. The van der Waals surface area contributed by atoms with E-state index in [4.69, 9.17) is 0 Å². The van der Waals surface area contributed by atoms with Gasteiger partial charge in [-0.1, -0.05) is 62.1 Å². The molecule has 112 valence electrons. The Morgan fingerprint density at radius 2 is 2.14 bits per heavy atom. The SMILES string of the molecule is C=C/C(=C\C=C/C)C(C)/C=C(\C=C(/C)I)C1=CCCC=C1. The second kappa shape index (κ2) is 9.78. The Bertz CT molecular complexity index is 532. The summed E-state index contributed by atoms with van der Waals surface area (Å²) >= 11 is 2.37. The molecule has 1 aliphatic carbocycles. The van der Waals surface area contributed by atoms with Gasteiger partial charge in [0.1, 0.15) is 0 Å². The monoisotopic (exact) mass is 392 g/mol. The van der Waals surface area contributed by atoms with E-state index in [0.29, 0.717) is 5.92 Å². The Morgan fingerprint density at radius 1 is 1.38 bits per heavy atom. The standard InChI is InChI=1S/C20H25I/c1-5-7-11-18(6-2)16(3)14-20(15-17(4)21)19-12-9-8-10-13-19/h5-7,9,11-16H,2,8,10H2,1,3-4H3/b7-5-,17-15+,18-11+,20-14+. The van der Waals surface area contributed by atoms with Crippen LogP contribution < -0.4 is 0 Å². The molecule has 0 aromatic carbocycles. The average Bonchev–Trinajstić information content (AvgIpc) is 2.48. The van der Waals surface area contributed by atoms with Gasteiger partial charge in [0.05, 0.1) is 0 Å². The number of halogens is 1. The molecule has 0 fully saturated rings. The van der Waals surface area contributed by atoms with E-state index >= 15 is 0 Å². The summed E-state index contributed by atoms with van der Waals surface area (Å²) in [5.41, 5.74) is 3.88. The summed E-state index contributed by atoms with van der Waals surface area (Å²) < 4.78 is 1.29. The Hall–Kier alpha value is -1.09. The zero-order valence-corrected chi connectivity index (χ0v) is 15.4. The topological polar surface area (TPSA) is 0 Å². The second-order valence-electron chi connectivity index (χ2n) is 5.18. The maximum absolute atomic E-state index is 3.94. The average molecular weight is 392 g/mol. The van der Waals surface area contributed by atoms with E-state index < -0.39 is 0 Å². The summed E-state index contributed by atoms with van der Waals surface area (Å²) in [6, 6.07) is 0. The van der Waals surface area contributed by atoms with Crippen LogP contribution in [0.1, 0.15) is 33.6 Å². The summed E-state index contributed by atoms with van der Waals surface area (Å²) in [5.74, 6) is 0.344. The van der Waals surface area contributed by atoms with Crippen LogP contribution in [-0.2, 0) is 0 Å². The molecule has 1 heteroatoms. The normalized spacial score (nSPS) is 18.9. The molecule has 1 atom stereocenters. The summed E-state index contributed by atoms with van der Waals surface area (Å²) in [5, 5.41) is 0. The van der Waals surface area contributed by atoms with E-state index in [1.165, 1.54) is 20.3 Å². The third-order valence-electron chi connectivity index (χ3n) is 3.35. The van der Waals surface area contributed by atoms with Gasteiger partial charge in [-0.3, -0.25) is 0 Å². The summed E-state index contributed by atoms with van der Waals surface area (Å²) in [6.07, 6.45) is 21.9. The van der Waals surface area contributed by atoms with Gasteiger partial charge >= 0.3 is 0 Å². The van der Waals surface area contributed by atoms with Crippen LogP contribution in [0.5, 0.6) is 0 Å². The maximum atomic E-state index is 3.94. The van der Waals surface area contributed by atoms with Crippen molar-refractivity contribution in [1.82, 2.24) is 0 Å². The molecule has 0 bridgehead atoms. The number of hydrogen-bond donors (Lipinski definition) is 0. The molecule has 0 radical (unpaired) electrons. The van der Waals surface area contributed by atoms with Crippen LogP contribution in [0.25, 0.3) is 0 Å². The predicted molar refractivity (Wildman–Crippen MR) is 105 cm³/mol. The van der Waals surface area contributed by atoms with Crippen molar-refractivity contribution in [2.45, 2.75) is 33.6 Å². The van der Waals surface area contributed by atoms with Crippen molar-refractivity contribution in [2.24, 2.45) is 5.92 Å². The largest absolute Gasteiger partial charge is 0.0988 e. The van der Waals surface area contributed by atoms with E-state index in [0.717, 1.165) is 12.8 Å². The lowest BCUT2D eigenvalue weighted by molar-refractivity contribution is 0.884. The molecule has 1 unspecified atom stereocenters. The van der Waals surface area contributed by atoms with Crippen molar-refractivity contribution in [3.8, 4) is 0 Å². The minimum Gasteiger partial charge on any atom is -0.0988 e. The van der Waals surface area contributed by atoms with Crippen LogP contribution >= 0.6 is 22.6 Å². The molecule has 1 aliphatic rings. The van der Waals surface area contributed by atoms with Crippen molar-refractivity contribution in [3.05, 3.63) is 81.6 Å². The first kappa shape index (κ1) is 18.0. The van der Waals surface area contributed by atoms with Crippen LogP contribution in [0.4, 0.5) is 0 Å². The van der Waals surface area contributed by atoms with Gasteiger partial charge in [-0.25, -0.2) is 0 Å². The van der Waals surface area contributed by atoms with Gasteiger partial charge in [0.25, 0.3) is 0 Å². The number of hydrogen-bond acceptors (Lipinski definition) is 0. The summed E-state index contributed by atoms with van der Waals surface area (Å²) in [7, 11) is 0. The highest BCUT2D eigenvalue weighted by Gasteiger charge is 2.07. The fourth-order valence-electron chi connectivity index (χ4n) is 2.25. The van der Waals surface area contributed by atoms with Crippen molar-refractivity contribution in [3.63, 3.8) is 0 Å². The predicted octanol–water partition coefficient (Wildman–Crippen LogP) is 6.85. The van der Waals surface area contributed by atoms with Crippen LogP contribution in [0.2, 0.25) is 0 Å². The Kier molecular flexibility index (Phi) is 8.36. The summed E-state index contributed by atoms with van der Waals surface area (Å²) in [4.78, 5) is 0. The maximum Gasteiger partial charge on any atom is -0.000145 e. The second-order valence-corrected chi connectivity index (χ2v) is 6.88. The van der Waals surface area contributed by atoms with E-state index in [1.54, 1.807) is 0 Å². The fraction of sp³-hybridized carbons (Fsp3) is 0.300. The highest BCUT2D eigenvalue weighted by molar-refractivity contribution is 14.1. The Labute approximate surface area is 143 Å². The van der Waals surface area contributed by atoms with Gasteiger partial charge in [0.15, 0.2) is 0 Å². The van der Waals surface area contributed by atoms with Crippen LogP contribution in [0, 0.1) is 5.92 Å². The fourth-order valence-corrected chi connectivity index (χ4v) is 2.58. The van der Waals surface area contributed by atoms with E-state index in [1.807, 2.05) is 19.1 Å². The Balaban J connectivity index is 3.13. The van der Waals surface area contributed by atoms with E-state index in [2.05, 4.69) is 85.5 Å². The lowest BCUT2D eigenvalue weighted by Crippen LogP contribution is -1.97. The molecule has 0 amide bonds. The molecule has 0 heterocycles. The third-order valence-corrected chi connectivity index (χ3v) is 3.67. The quantitative estimate of drug-likeness (QED) is 0.342. The number of rotatable bonds is 6. The molecule has 0 nitrogen and oxygen atoms in total. The van der Waals surface area contributed by atoms with Crippen molar-refractivity contribution < 1.29 is 0 Å². The molecule has 0 spiro atoms. The highest BCUT2D eigenvalue weighted by atomic mass is 127. The highest BCUT2D eigenvalue weighted by Crippen LogP contribution is 2.25.